The third-order valence-corrected chi connectivity index (χ3v) is 4.49. The first kappa shape index (κ1) is 14.2. The van der Waals surface area contributed by atoms with Gasteiger partial charge >= 0.3 is 0 Å². The van der Waals surface area contributed by atoms with E-state index in [9.17, 15) is 5.11 Å². The molecule has 4 heteroatoms. The molecule has 0 saturated heterocycles. The van der Waals surface area contributed by atoms with Crippen molar-refractivity contribution in [3.8, 4) is 0 Å². The van der Waals surface area contributed by atoms with E-state index >= 15 is 0 Å². The first-order valence-electron chi connectivity index (χ1n) is 5.65. The molecular weight excluding hydrogens is 286 g/mol. The molecule has 1 heterocycles. The molecule has 0 aliphatic rings. The molecule has 1 aromatic rings. The van der Waals surface area contributed by atoms with Gasteiger partial charge in [-0.15, -0.1) is 11.3 Å². The lowest BCUT2D eigenvalue weighted by molar-refractivity contribution is 0.143. The van der Waals surface area contributed by atoms with Gasteiger partial charge in [-0.05, 0) is 46.6 Å². The van der Waals surface area contributed by atoms with E-state index in [1.54, 1.807) is 11.3 Å². The topological polar surface area (TPSA) is 32.3 Å². The van der Waals surface area contributed by atoms with Crippen LogP contribution in [-0.2, 0) is 0 Å². The fourth-order valence-corrected chi connectivity index (χ4v) is 3.40. The maximum absolute atomic E-state index is 9.76. The molecule has 0 saturated carbocycles. The summed E-state index contributed by atoms with van der Waals surface area (Å²) < 4.78 is 1.15. The van der Waals surface area contributed by atoms with E-state index in [4.69, 9.17) is 0 Å². The third-order valence-electron chi connectivity index (χ3n) is 2.44. The number of nitrogens with one attached hydrogen (secondary N) is 1. The van der Waals surface area contributed by atoms with Gasteiger partial charge in [-0.1, -0.05) is 13.8 Å². The van der Waals surface area contributed by atoms with Crippen molar-refractivity contribution in [3.63, 3.8) is 0 Å². The summed E-state index contributed by atoms with van der Waals surface area (Å²) in [5.74, 6) is 0.542. The molecule has 0 radical (unpaired) electrons. The summed E-state index contributed by atoms with van der Waals surface area (Å²) in [6, 6.07) is 2.35. The van der Waals surface area contributed by atoms with Crippen LogP contribution in [0.1, 0.15) is 38.1 Å². The smallest absolute Gasteiger partial charge is 0.0667 e. The lowest BCUT2D eigenvalue weighted by atomic mass is 10.1. The van der Waals surface area contributed by atoms with Crippen molar-refractivity contribution in [1.82, 2.24) is 5.32 Å². The van der Waals surface area contributed by atoms with Gasteiger partial charge in [-0.25, -0.2) is 0 Å². The summed E-state index contributed by atoms with van der Waals surface area (Å²) >= 11 is 5.25. The lowest BCUT2D eigenvalue weighted by Gasteiger charge is -2.18. The standard InChI is InChI=1S/C12H20BrNOS/c1-8(2)6-10(15)7-14-9(3)12-11(13)4-5-16-12/h4-5,8-10,14-15H,6-7H2,1-3H3. The molecule has 2 atom stereocenters. The Kier molecular flexibility index (Phi) is 5.97. The number of aliphatic hydroxyl groups is 1. The van der Waals surface area contributed by atoms with Crippen LogP contribution in [0.3, 0.4) is 0 Å². The predicted molar refractivity (Wildman–Crippen MR) is 73.9 cm³/mol. The van der Waals surface area contributed by atoms with Gasteiger partial charge in [0.05, 0.1) is 6.10 Å². The highest BCUT2D eigenvalue weighted by molar-refractivity contribution is 9.10. The Hall–Kier alpha value is 0.100. The number of thiophene rings is 1. The highest BCUT2D eigenvalue weighted by Gasteiger charge is 2.13. The summed E-state index contributed by atoms with van der Waals surface area (Å²) in [6.45, 7) is 7.04. The monoisotopic (exact) mass is 305 g/mol. The first-order valence-corrected chi connectivity index (χ1v) is 7.32. The minimum Gasteiger partial charge on any atom is -0.392 e. The maximum atomic E-state index is 9.76. The Morgan fingerprint density at radius 1 is 1.44 bits per heavy atom. The molecule has 0 amide bonds. The highest BCUT2D eigenvalue weighted by atomic mass is 79.9. The summed E-state index contributed by atoms with van der Waals surface area (Å²) in [7, 11) is 0. The average molecular weight is 306 g/mol. The fourth-order valence-electron chi connectivity index (χ4n) is 1.65. The molecule has 0 aromatic carbocycles. The van der Waals surface area contributed by atoms with Crippen LogP contribution in [0.4, 0.5) is 0 Å². The molecule has 0 bridgehead atoms. The maximum Gasteiger partial charge on any atom is 0.0667 e. The van der Waals surface area contributed by atoms with E-state index in [0.29, 0.717) is 12.5 Å². The van der Waals surface area contributed by atoms with Gasteiger partial charge in [-0.3, -0.25) is 0 Å². The lowest BCUT2D eigenvalue weighted by Crippen LogP contribution is -2.29. The van der Waals surface area contributed by atoms with Crippen molar-refractivity contribution in [2.45, 2.75) is 39.3 Å². The molecule has 0 fully saturated rings. The second-order valence-corrected chi connectivity index (χ2v) is 6.35. The van der Waals surface area contributed by atoms with Crippen LogP contribution in [0.5, 0.6) is 0 Å². The largest absolute Gasteiger partial charge is 0.392 e. The van der Waals surface area contributed by atoms with Crippen molar-refractivity contribution in [2.24, 2.45) is 5.92 Å². The van der Waals surface area contributed by atoms with Gasteiger partial charge in [0.2, 0.25) is 0 Å². The second-order valence-electron chi connectivity index (χ2n) is 4.55. The molecule has 2 nitrogen and oxygen atoms in total. The number of rotatable bonds is 6. The van der Waals surface area contributed by atoms with Crippen LogP contribution in [0, 0.1) is 5.92 Å². The van der Waals surface area contributed by atoms with Gasteiger partial charge in [0, 0.05) is 21.9 Å². The van der Waals surface area contributed by atoms with E-state index < -0.39 is 0 Å². The van der Waals surface area contributed by atoms with Gasteiger partial charge < -0.3 is 10.4 Å². The molecule has 1 rings (SSSR count). The zero-order valence-corrected chi connectivity index (χ0v) is 12.4. The quantitative estimate of drug-likeness (QED) is 0.842. The van der Waals surface area contributed by atoms with Crippen molar-refractivity contribution in [1.29, 1.82) is 0 Å². The number of hydrogen-bond acceptors (Lipinski definition) is 3. The molecule has 1 aromatic heterocycles. The minimum atomic E-state index is -0.249. The Balaban J connectivity index is 2.35. The van der Waals surface area contributed by atoms with Crippen molar-refractivity contribution in [2.75, 3.05) is 6.54 Å². The Labute approximate surface area is 110 Å². The average Bonchev–Trinajstić information content (AvgIpc) is 2.60. The zero-order valence-electron chi connectivity index (χ0n) is 10.0. The summed E-state index contributed by atoms with van der Waals surface area (Å²) in [5.41, 5.74) is 0. The molecule has 16 heavy (non-hydrogen) atoms. The van der Waals surface area contributed by atoms with Crippen LogP contribution < -0.4 is 5.32 Å². The van der Waals surface area contributed by atoms with Gasteiger partial charge in [0.1, 0.15) is 0 Å². The normalized spacial score (nSPS) is 15.4. The first-order chi connectivity index (χ1) is 7.50. The number of aliphatic hydroxyl groups excluding tert-OH is 1. The molecule has 2 N–H and O–H groups in total. The van der Waals surface area contributed by atoms with Gasteiger partial charge in [0.25, 0.3) is 0 Å². The summed E-state index contributed by atoms with van der Waals surface area (Å²) in [4.78, 5) is 1.29. The predicted octanol–water partition coefficient (Wildman–Crippen LogP) is 3.57. The SMILES string of the molecule is CC(C)CC(O)CNC(C)c1sccc1Br. The van der Waals surface area contributed by atoms with Crippen LogP contribution in [0.25, 0.3) is 0 Å². The van der Waals surface area contributed by atoms with Crippen molar-refractivity contribution < 1.29 is 5.11 Å². The van der Waals surface area contributed by atoms with Gasteiger partial charge in [0.15, 0.2) is 0 Å². The molecule has 0 spiro atoms. The molecule has 0 aliphatic carbocycles. The van der Waals surface area contributed by atoms with E-state index in [1.807, 2.05) is 0 Å². The minimum absolute atomic E-state index is 0.249. The molecule has 92 valence electrons. The molecule has 0 aliphatic heterocycles. The highest BCUT2D eigenvalue weighted by Crippen LogP contribution is 2.28. The van der Waals surface area contributed by atoms with E-state index in [1.165, 1.54) is 4.88 Å². The van der Waals surface area contributed by atoms with Crippen LogP contribution in [0.2, 0.25) is 0 Å². The van der Waals surface area contributed by atoms with E-state index in [-0.39, 0.29) is 12.1 Å². The van der Waals surface area contributed by atoms with Crippen molar-refractivity contribution in [3.05, 3.63) is 20.8 Å². The third kappa shape index (κ3) is 4.53. The van der Waals surface area contributed by atoms with Crippen LogP contribution >= 0.6 is 27.3 Å². The van der Waals surface area contributed by atoms with E-state index in [0.717, 1.165) is 10.9 Å². The Bertz CT molecular complexity index is 314. The van der Waals surface area contributed by atoms with Crippen molar-refractivity contribution >= 4 is 27.3 Å². The second kappa shape index (κ2) is 6.74. The molecular formula is C12H20BrNOS. The summed E-state index contributed by atoms with van der Waals surface area (Å²) in [5, 5.41) is 15.2. The zero-order chi connectivity index (χ0) is 12.1. The van der Waals surface area contributed by atoms with E-state index in [2.05, 4.69) is 53.5 Å². The number of hydrogen-bond donors (Lipinski definition) is 2. The van der Waals surface area contributed by atoms with Crippen LogP contribution in [-0.4, -0.2) is 17.8 Å². The molecule has 2 unspecified atom stereocenters. The fraction of sp³-hybridized carbons (Fsp3) is 0.667. The Morgan fingerprint density at radius 2 is 2.12 bits per heavy atom. The number of halogens is 1. The summed E-state index contributed by atoms with van der Waals surface area (Å²) in [6.07, 6.45) is 0.604. The Morgan fingerprint density at radius 3 is 2.62 bits per heavy atom. The van der Waals surface area contributed by atoms with Crippen LogP contribution in [0.15, 0.2) is 15.9 Å². The van der Waals surface area contributed by atoms with Gasteiger partial charge in [-0.2, -0.15) is 0 Å².